The zero-order chi connectivity index (χ0) is 10.2. The van der Waals surface area contributed by atoms with E-state index in [9.17, 15) is 4.79 Å². The number of Topliss-reactive ketones (excluding diaryl/α,β-unsaturated/α-hetero) is 1. The second kappa shape index (κ2) is 6.58. The molecule has 0 amide bonds. The van der Waals surface area contributed by atoms with Gasteiger partial charge in [-0.25, -0.2) is 0 Å². The molecule has 14 heavy (non-hydrogen) atoms. The number of rotatable bonds is 5. The fourth-order valence-electron chi connectivity index (χ4n) is 1.75. The first kappa shape index (κ1) is 11.2. The number of carbonyl (C=O) groups is 1. The molecule has 0 spiro atoms. The quantitative estimate of drug-likeness (QED) is 0.368. The van der Waals surface area contributed by atoms with Crippen molar-refractivity contribution in [2.45, 2.75) is 51.9 Å². The molecule has 0 aromatic rings. The minimum Gasteiger partial charge on any atom is -0.295 e. The van der Waals surface area contributed by atoms with E-state index < -0.39 is 0 Å². The maximum atomic E-state index is 11.3. The van der Waals surface area contributed by atoms with Gasteiger partial charge < -0.3 is 0 Å². The average Bonchev–Trinajstić information content (AvgIpc) is 2.58. The van der Waals surface area contributed by atoms with Gasteiger partial charge in [-0.15, -0.1) is 0 Å². The van der Waals surface area contributed by atoms with E-state index >= 15 is 0 Å². The summed E-state index contributed by atoms with van der Waals surface area (Å²) in [6.07, 6.45) is 14.0. The van der Waals surface area contributed by atoms with Crippen molar-refractivity contribution in [1.82, 2.24) is 0 Å². The van der Waals surface area contributed by atoms with Crippen molar-refractivity contribution in [3.8, 4) is 0 Å². The summed E-state index contributed by atoms with van der Waals surface area (Å²) < 4.78 is 0. The standard InChI is InChI=1S/C13H20O/c1-2-3-4-5-6-7-9-12-10-8-11-13(12)14/h3-4,9H,2,5-8,10-11H2,1H3/b4-3-,12-9+. The largest absolute Gasteiger partial charge is 0.295 e. The Hall–Kier alpha value is -0.850. The van der Waals surface area contributed by atoms with E-state index in [1.54, 1.807) is 0 Å². The number of hydrogen-bond donors (Lipinski definition) is 0. The Morgan fingerprint density at radius 1 is 1.21 bits per heavy atom. The van der Waals surface area contributed by atoms with Gasteiger partial charge in [-0.2, -0.15) is 0 Å². The van der Waals surface area contributed by atoms with Crippen LogP contribution >= 0.6 is 0 Å². The van der Waals surface area contributed by atoms with Gasteiger partial charge in [0.2, 0.25) is 0 Å². The van der Waals surface area contributed by atoms with Gasteiger partial charge >= 0.3 is 0 Å². The van der Waals surface area contributed by atoms with Crippen molar-refractivity contribution in [2.24, 2.45) is 0 Å². The highest BCUT2D eigenvalue weighted by Crippen LogP contribution is 2.21. The third-order valence-corrected chi connectivity index (χ3v) is 2.58. The SMILES string of the molecule is CC/C=C\CCC/C=C1\CCCC1=O. The van der Waals surface area contributed by atoms with Gasteiger partial charge in [0.25, 0.3) is 0 Å². The molecule has 1 aliphatic rings. The Kier molecular flexibility index (Phi) is 5.28. The summed E-state index contributed by atoms with van der Waals surface area (Å²) in [6, 6.07) is 0. The predicted octanol–water partition coefficient (Wildman–Crippen LogP) is 3.80. The summed E-state index contributed by atoms with van der Waals surface area (Å²) in [6.45, 7) is 2.15. The molecule has 0 aromatic heterocycles. The van der Waals surface area contributed by atoms with Gasteiger partial charge in [0.15, 0.2) is 5.78 Å². The molecule has 1 rings (SSSR count). The lowest BCUT2D eigenvalue weighted by Crippen LogP contribution is -1.90. The van der Waals surface area contributed by atoms with Gasteiger partial charge in [-0.1, -0.05) is 25.2 Å². The molecule has 78 valence electrons. The highest BCUT2D eigenvalue weighted by Gasteiger charge is 2.15. The van der Waals surface area contributed by atoms with Crippen molar-refractivity contribution >= 4 is 5.78 Å². The topological polar surface area (TPSA) is 17.1 Å². The van der Waals surface area contributed by atoms with E-state index in [4.69, 9.17) is 0 Å². The van der Waals surface area contributed by atoms with Crippen molar-refractivity contribution in [3.05, 3.63) is 23.8 Å². The Morgan fingerprint density at radius 2 is 2.07 bits per heavy atom. The lowest BCUT2D eigenvalue weighted by atomic mass is 10.1. The second-order valence-electron chi connectivity index (χ2n) is 3.82. The molecular formula is C13H20O. The van der Waals surface area contributed by atoms with Crippen LogP contribution in [-0.4, -0.2) is 5.78 Å². The molecule has 0 saturated heterocycles. The number of ketones is 1. The highest BCUT2D eigenvalue weighted by atomic mass is 16.1. The van der Waals surface area contributed by atoms with Crippen LogP contribution in [0, 0.1) is 0 Å². The van der Waals surface area contributed by atoms with Gasteiger partial charge in [0, 0.05) is 6.42 Å². The van der Waals surface area contributed by atoms with E-state index in [0.717, 1.165) is 44.1 Å². The number of unbranched alkanes of at least 4 members (excludes halogenated alkanes) is 2. The second-order valence-corrected chi connectivity index (χ2v) is 3.82. The molecular weight excluding hydrogens is 172 g/mol. The van der Waals surface area contributed by atoms with Crippen molar-refractivity contribution in [1.29, 1.82) is 0 Å². The molecule has 1 heteroatoms. The van der Waals surface area contributed by atoms with E-state index in [2.05, 4.69) is 25.2 Å². The Morgan fingerprint density at radius 3 is 2.71 bits per heavy atom. The van der Waals surface area contributed by atoms with Crippen molar-refractivity contribution in [3.63, 3.8) is 0 Å². The molecule has 0 aromatic carbocycles. The summed E-state index contributed by atoms with van der Waals surface area (Å²) in [7, 11) is 0. The zero-order valence-electron chi connectivity index (χ0n) is 9.09. The normalized spacial score (nSPS) is 20.1. The third kappa shape index (κ3) is 3.91. The molecule has 0 N–H and O–H groups in total. The first-order chi connectivity index (χ1) is 6.84. The third-order valence-electron chi connectivity index (χ3n) is 2.58. The van der Waals surface area contributed by atoms with Crippen molar-refractivity contribution < 1.29 is 4.79 Å². The number of carbonyl (C=O) groups excluding carboxylic acids is 1. The fourth-order valence-corrected chi connectivity index (χ4v) is 1.75. The molecule has 0 heterocycles. The van der Waals surface area contributed by atoms with Crippen LogP contribution in [-0.2, 0) is 4.79 Å². The first-order valence-electron chi connectivity index (χ1n) is 5.72. The molecule has 1 saturated carbocycles. The van der Waals surface area contributed by atoms with Crippen molar-refractivity contribution in [2.75, 3.05) is 0 Å². The van der Waals surface area contributed by atoms with E-state index in [1.807, 2.05) is 0 Å². The first-order valence-corrected chi connectivity index (χ1v) is 5.72. The summed E-state index contributed by atoms with van der Waals surface area (Å²) in [5, 5.41) is 0. The summed E-state index contributed by atoms with van der Waals surface area (Å²) >= 11 is 0. The molecule has 1 aliphatic carbocycles. The minimum atomic E-state index is 0.383. The molecule has 0 unspecified atom stereocenters. The molecule has 1 fully saturated rings. The van der Waals surface area contributed by atoms with Crippen LogP contribution in [0.25, 0.3) is 0 Å². The Balaban J connectivity index is 2.13. The molecule has 1 nitrogen and oxygen atoms in total. The summed E-state index contributed by atoms with van der Waals surface area (Å²) in [5.74, 6) is 0.383. The van der Waals surface area contributed by atoms with Crippen LogP contribution in [0.3, 0.4) is 0 Å². The number of hydrogen-bond acceptors (Lipinski definition) is 1. The molecule has 0 aliphatic heterocycles. The van der Waals surface area contributed by atoms with Crippen LogP contribution in [0.2, 0.25) is 0 Å². The number of allylic oxidation sites excluding steroid dienone is 4. The Labute approximate surface area is 86.9 Å². The lowest BCUT2D eigenvalue weighted by molar-refractivity contribution is -0.114. The van der Waals surface area contributed by atoms with E-state index in [1.165, 1.54) is 6.42 Å². The highest BCUT2D eigenvalue weighted by molar-refractivity contribution is 5.97. The molecule has 0 bridgehead atoms. The van der Waals surface area contributed by atoms with Gasteiger partial charge in [0.1, 0.15) is 0 Å². The van der Waals surface area contributed by atoms with Crippen LogP contribution < -0.4 is 0 Å². The van der Waals surface area contributed by atoms with E-state index in [0.29, 0.717) is 5.78 Å². The zero-order valence-corrected chi connectivity index (χ0v) is 9.09. The maximum Gasteiger partial charge on any atom is 0.158 e. The van der Waals surface area contributed by atoms with Gasteiger partial charge in [-0.05, 0) is 44.1 Å². The van der Waals surface area contributed by atoms with Crippen LogP contribution in [0.4, 0.5) is 0 Å². The predicted molar refractivity (Wildman–Crippen MR) is 60.2 cm³/mol. The summed E-state index contributed by atoms with van der Waals surface area (Å²) in [4.78, 5) is 11.3. The minimum absolute atomic E-state index is 0.383. The fraction of sp³-hybridized carbons (Fsp3) is 0.615. The average molecular weight is 192 g/mol. The monoisotopic (exact) mass is 192 g/mol. The summed E-state index contributed by atoms with van der Waals surface area (Å²) in [5.41, 5.74) is 1.09. The van der Waals surface area contributed by atoms with E-state index in [-0.39, 0.29) is 0 Å². The van der Waals surface area contributed by atoms with Gasteiger partial charge in [0.05, 0.1) is 0 Å². The maximum absolute atomic E-state index is 11.3. The van der Waals surface area contributed by atoms with Crippen LogP contribution in [0.5, 0.6) is 0 Å². The Bertz CT molecular complexity index is 236. The molecule has 0 radical (unpaired) electrons. The lowest BCUT2D eigenvalue weighted by Gasteiger charge is -1.94. The van der Waals surface area contributed by atoms with Crippen LogP contribution in [0.15, 0.2) is 23.8 Å². The van der Waals surface area contributed by atoms with Gasteiger partial charge in [-0.3, -0.25) is 4.79 Å². The smallest absolute Gasteiger partial charge is 0.158 e. The molecule has 0 atom stereocenters. The van der Waals surface area contributed by atoms with Crippen LogP contribution in [0.1, 0.15) is 51.9 Å².